The van der Waals surface area contributed by atoms with Crippen LogP contribution in [0.4, 0.5) is 0 Å². The number of benzene rings is 3. The lowest BCUT2D eigenvalue weighted by molar-refractivity contribution is 0.864. The quantitative estimate of drug-likeness (QED) is 0.180. The van der Waals surface area contributed by atoms with Crippen molar-refractivity contribution in [2.24, 2.45) is 0 Å². The summed E-state index contributed by atoms with van der Waals surface area (Å²) in [6, 6.07) is 23.2. The molecule has 3 heteroatoms. The van der Waals surface area contributed by atoms with Crippen molar-refractivity contribution in [3.8, 4) is 0 Å². The lowest BCUT2D eigenvalue weighted by atomic mass is 10.0. The molecule has 25 heavy (non-hydrogen) atoms. The zero-order valence-corrected chi connectivity index (χ0v) is 19.4. The largest absolute Gasteiger partial charge is 0.170 e. The van der Waals surface area contributed by atoms with Crippen LogP contribution in [0.15, 0.2) is 75.4 Å². The Labute approximate surface area is 180 Å². The Bertz CT molecular complexity index is 878. The van der Waals surface area contributed by atoms with Gasteiger partial charge in [0.15, 0.2) is 14.7 Å². The van der Waals surface area contributed by atoms with Crippen LogP contribution in [0.3, 0.4) is 0 Å². The van der Waals surface area contributed by atoms with Crippen molar-refractivity contribution in [3.05, 3.63) is 84.5 Å². The first kappa shape index (κ1) is 17.9. The molecule has 0 amide bonds. The third-order valence-corrected chi connectivity index (χ3v) is 8.41. The highest BCUT2D eigenvalue weighted by Crippen LogP contribution is 2.41. The van der Waals surface area contributed by atoms with Crippen LogP contribution in [0, 0.1) is 7.14 Å². The molecule has 3 aromatic rings. The second-order valence-corrected chi connectivity index (χ2v) is 11.2. The minimum Gasteiger partial charge on any atom is -0.0587 e. The SMILES string of the molecule is CC(C)c1ccc([S+]2c3ccc(I)cc3Cc3cc(I)ccc32)cc1. The van der Waals surface area contributed by atoms with Gasteiger partial charge in [-0.25, -0.2) is 0 Å². The molecule has 1 aliphatic rings. The van der Waals surface area contributed by atoms with E-state index < -0.39 is 0 Å². The van der Waals surface area contributed by atoms with E-state index in [0.717, 1.165) is 6.42 Å². The normalized spacial score (nSPS) is 13.6. The Morgan fingerprint density at radius 1 is 0.760 bits per heavy atom. The Hall–Kier alpha value is -0.530. The molecule has 0 nitrogen and oxygen atoms in total. The molecule has 0 unspecified atom stereocenters. The van der Waals surface area contributed by atoms with Gasteiger partial charge in [-0.2, -0.15) is 0 Å². The number of hydrogen-bond acceptors (Lipinski definition) is 0. The molecule has 0 atom stereocenters. The minimum atomic E-state index is -0.00263. The Balaban J connectivity index is 1.89. The predicted octanol–water partition coefficient (Wildman–Crippen LogP) is 7.02. The molecule has 0 saturated heterocycles. The minimum absolute atomic E-state index is 0.00263. The first-order valence-electron chi connectivity index (χ1n) is 8.44. The Morgan fingerprint density at radius 2 is 1.28 bits per heavy atom. The highest BCUT2D eigenvalue weighted by molar-refractivity contribution is 14.1. The summed E-state index contributed by atoms with van der Waals surface area (Å²) < 4.78 is 2.65. The van der Waals surface area contributed by atoms with E-state index in [2.05, 4.69) is 120 Å². The van der Waals surface area contributed by atoms with Gasteiger partial charge in [-0.1, -0.05) is 26.0 Å². The number of fused-ring (bicyclic) bond motifs is 2. The summed E-state index contributed by atoms with van der Waals surface area (Å²) in [4.78, 5) is 4.41. The van der Waals surface area contributed by atoms with E-state index >= 15 is 0 Å². The third-order valence-electron chi connectivity index (χ3n) is 4.65. The molecule has 1 heterocycles. The summed E-state index contributed by atoms with van der Waals surface area (Å²) in [5.74, 6) is 0.575. The molecule has 0 N–H and O–H groups in total. The summed E-state index contributed by atoms with van der Waals surface area (Å²) in [5, 5.41) is 0. The fraction of sp³-hybridized carbons (Fsp3) is 0.182. The molecule has 126 valence electrons. The van der Waals surface area contributed by atoms with Crippen LogP contribution >= 0.6 is 45.2 Å². The van der Waals surface area contributed by atoms with Crippen LogP contribution in [0.5, 0.6) is 0 Å². The fourth-order valence-corrected chi connectivity index (χ4v) is 6.80. The first-order valence-corrected chi connectivity index (χ1v) is 11.8. The molecule has 4 rings (SSSR count). The fourth-order valence-electron chi connectivity index (χ4n) is 3.34. The van der Waals surface area contributed by atoms with Gasteiger partial charge in [-0.15, -0.1) is 0 Å². The van der Waals surface area contributed by atoms with E-state index in [0.29, 0.717) is 5.92 Å². The Morgan fingerprint density at radius 3 is 1.76 bits per heavy atom. The van der Waals surface area contributed by atoms with Crippen molar-refractivity contribution in [3.63, 3.8) is 0 Å². The first-order chi connectivity index (χ1) is 12.0. The van der Waals surface area contributed by atoms with E-state index in [1.54, 1.807) is 0 Å². The molecule has 0 saturated carbocycles. The van der Waals surface area contributed by atoms with E-state index in [-0.39, 0.29) is 10.9 Å². The van der Waals surface area contributed by atoms with Crippen LogP contribution in [0.2, 0.25) is 0 Å². The highest BCUT2D eigenvalue weighted by Gasteiger charge is 2.37. The zero-order chi connectivity index (χ0) is 17.6. The highest BCUT2D eigenvalue weighted by atomic mass is 127. The van der Waals surface area contributed by atoms with E-state index in [9.17, 15) is 0 Å². The van der Waals surface area contributed by atoms with Gasteiger partial charge in [0.1, 0.15) is 0 Å². The number of halogens is 2. The lowest BCUT2D eigenvalue weighted by Gasteiger charge is -2.20. The monoisotopic (exact) mass is 569 g/mol. The molecule has 0 fully saturated rings. The van der Waals surface area contributed by atoms with E-state index in [1.165, 1.54) is 38.5 Å². The molecular formula is C22H19I2S+. The molecule has 0 aromatic heterocycles. The van der Waals surface area contributed by atoms with Crippen molar-refractivity contribution in [1.82, 2.24) is 0 Å². The molecule has 3 aromatic carbocycles. The Kier molecular flexibility index (Phi) is 5.17. The van der Waals surface area contributed by atoms with Gasteiger partial charge in [0.2, 0.25) is 0 Å². The standard InChI is InChI=1S/C22H19I2S/c1-14(2)15-3-7-20(8-4-15)25-21-9-5-18(23)12-16(21)11-17-13-19(24)6-10-22(17)25/h3-10,12-14H,11H2,1-2H3/q+1. The average molecular weight is 569 g/mol. The van der Waals surface area contributed by atoms with Crippen molar-refractivity contribution in [1.29, 1.82) is 0 Å². The second kappa shape index (κ2) is 7.24. The van der Waals surface area contributed by atoms with Crippen LogP contribution in [-0.4, -0.2) is 0 Å². The van der Waals surface area contributed by atoms with Gasteiger partial charge in [-0.3, -0.25) is 0 Å². The maximum Gasteiger partial charge on any atom is 0.170 e. The topological polar surface area (TPSA) is 0 Å². The smallest absolute Gasteiger partial charge is 0.0587 e. The van der Waals surface area contributed by atoms with E-state index in [4.69, 9.17) is 0 Å². The zero-order valence-electron chi connectivity index (χ0n) is 14.2. The predicted molar refractivity (Wildman–Crippen MR) is 124 cm³/mol. The van der Waals surface area contributed by atoms with Gasteiger partial charge < -0.3 is 0 Å². The summed E-state index contributed by atoms with van der Waals surface area (Å²) in [6.07, 6.45) is 1.05. The second-order valence-electron chi connectivity index (χ2n) is 6.71. The van der Waals surface area contributed by atoms with Crippen LogP contribution < -0.4 is 0 Å². The molecule has 1 aliphatic heterocycles. The maximum atomic E-state index is 2.43. The maximum absolute atomic E-state index is 2.43. The van der Waals surface area contributed by atoms with Gasteiger partial charge in [0.25, 0.3) is 0 Å². The average Bonchev–Trinajstić information content (AvgIpc) is 2.59. The summed E-state index contributed by atoms with van der Waals surface area (Å²) in [5.41, 5.74) is 4.38. The summed E-state index contributed by atoms with van der Waals surface area (Å²) in [7, 11) is -0.00263. The van der Waals surface area contributed by atoms with Crippen molar-refractivity contribution in [2.75, 3.05) is 0 Å². The van der Waals surface area contributed by atoms with Crippen molar-refractivity contribution >= 4 is 56.1 Å². The van der Waals surface area contributed by atoms with Crippen molar-refractivity contribution in [2.45, 2.75) is 40.9 Å². The van der Waals surface area contributed by atoms with Gasteiger partial charge in [0, 0.05) is 24.7 Å². The number of hydrogen-bond donors (Lipinski definition) is 0. The molecule has 0 spiro atoms. The van der Waals surface area contributed by atoms with Crippen molar-refractivity contribution < 1.29 is 0 Å². The lowest BCUT2D eigenvalue weighted by Crippen LogP contribution is -2.16. The van der Waals surface area contributed by atoms with Gasteiger partial charge >= 0.3 is 0 Å². The molecule has 0 bridgehead atoms. The summed E-state index contributed by atoms with van der Waals surface area (Å²) >= 11 is 4.85. The molecular weight excluding hydrogens is 550 g/mol. The van der Waals surface area contributed by atoms with Crippen LogP contribution in [0.1, 0.15) is 36.5 Å². The number of rotatable bonds is 2. The third kappa shape index (κ3) is 3.52. The summed E-state index contributed by atoms with van der Waals surface area (Å²) in [6.45, 7) is 4.51. The van der Waals surface area contributed by atoms with Gasteiger partial charge in [0.05, 0.1) is 10.9 Å². The molecule has 0 aliphatic carbocycles. The van der Waals surface area contributed by atoms with Gasteiger partial charge in [-0.05, 0) is 105 Å². The van der Waals surface area contributed by atoms with Crippen LogP contribution in [0.25, 0.3) is 0 Å². The van der Waals surface area contributed by atoms with Crippen LogP contribution in [-0.2, 0) is 17.3 Å². The molecule has 0 radical (unpaired) electrons. The van der Waals surface area contributed by atoms with E-state index in [1.807, 2.05) is 0 Å².